The summed E-state index contributed by atoms with van der Waals surface area (Å²) in [5.74, 6) is 1.09. The Labute approximate surface area is 97.6 Å². The molecule has 0 spiro atoms. The van der Waals surface area contributed by atoms with Crippen LogP contribution in [0.5, 0.6) is 5.75 Å². The van der Waals surface area contributed by atoms with Gasteiger partial charge in [0, 0.05) is 13.0 Å². The highest BCUT2D eigenvalue weighted by Crippen LogP contribution is 2.20. The van der Waals surface area contributed by atoms with Crippen LogP contribution in [0.25, 0.3) is 5.69 Å². The van der Waals surface area contributed by atoms with E-state index >= 15 is 0 Å². The number of aryl methyl sites for hydroxylation is 1. The van der Waals surface area contributed by atoms with Crippen molar-refractivity contribution >= 4 is 5.82 Å². The lowest BCUT2D eigenvalue weighted by Crippen LogP contribution is -1.95. The molecule has 2 aromatic rings. The first-order chi connectivity index (χ1) is 8.11. The highest BCUT2D eigenvalue weighted by molar-refractivity contribution is 5.41. The molecule has 17 heavy (non-hydrogen) atoms. The Morgan fingerprint density at radius 3 is 2.82 bits per heavy atom. The van der Waals surface area contributed by atoms with Crippen LogP contribution < -0.4 is 4.74 Å². The van der Waals surface area contributed by atoms with Crippen molar-refractivity contribution in [1.29, 1.82) is 0 Å². The van der Waals surface area contributed by atoms with Crippen LogP contribution in [0.2, 0.25) is 0 Å². The molecular formula is C11H11N3O3. The summed E-state index contributed by atoms with van der Waals surface area (Å²) in [7, 11) is 1.57. The maximum atomic E-state index is 10.6. The molecular weight excluding hydrogens is 222 g/mol. The van der Waals surface area contributed by atoms with E-state index in [0.717, 1.165) is 5.69 Å². The van der Waals surface area contributed by atoms with Gasteiger partial charge in [-0.05, 0) is 22.0 Å². The first-order valence-electron chi connectivity index (χ1n) is 4.96. The van der Waals surface area contributed by atoms with Crippen molar-refractivity contribution in [2.75, 3.05) is 7.11 Å². The molecule has 6 heteroatoms. The van der Waals surface area contributed by atoms with Gasteiger partial charge in [-0.1, -0.05) is 6.07 Å². The fourth-order valence-electron chi connectivity index (χ4n) is 1.57. The third-order valence-corrected chi connectivity index (χ3v) is 2.39. The van der Waals surface area contributed by atoms with Crippen molar-refractivity contribution < 1.29 is 9.66 Å². The molecule has 1 heterocycles. The zero-order chi connectivity index (χ0) is 12.4. The summed E-state index contributed by atoms with van der Waals surface area (Å²) >= 11 is 0. The van der Waals surface area contributed by atoms with Crippen molar-refractivity contribution in [1.82, 2.24) is 9.55 Å². The normalized spacial score (nSPS) is 10.2. The van der Waals surface area contributed by atoms with Gasteiger partial charge >= 0.3 is 5.82 Å². The van der Waals surface area contributed by atoms with Crippen LogP contribution in [0.15, 0.2) is 30.5 Å². The standard InChI is InChI=1S/C11H11N3O3/c1-8-12-11(14(15)16)7-13(8)9-4-3-5-10(6-9)17-2/h3-7H,1-2H3. The quantitative estimate of drug-likeness (QED) is 0.601. The van der Waals surface area contributed by atoms with E-state index in [0.29, 0.717) is 11.6 Å². The third-order valence-electron chi connectivity index (χ3n) is 2.39. The fourth-order valence-corrected chi connectivity index (χ4v) is 1.57. The van der Waals surface area contributed by atoms with Crippen molar-refractivity contribution in [2.45, 2.75) is 6.92 Å². The monoisotopic (exact) mass is 233 g/mol. The molecule has 0 aliphatic carbocycles. The summed E-state index contributed by atoms with van der Waals surface area (Å²) < 4.78 is 6.76. The van der Waals surface area contributed by atoms with Gasteiger partial charge in [-0.3, -0.25) is 4.57 Å². The second-order valence-corrected chi connectivity index (χ2v) is 3.47. The van der Waals surface area contributed by atoms with Gasteiger partial charge in [0.15, 0.2) is 0 Å². The Morgan fingerprint density at radius 2 is 2.24 bits per heavy atom. The maximum Gasteiger partial charge on any atom is 0.382 e. The minimum atomic E-state index is -0.510. The summed E-state index contributed by atoms with van der Waals surface area (Å²) in [5, 5.41) is 10.6. The minimum absolute atomic E-state index is 0.162. The van der Waals surface area contributed by atoms with Crippen LogP contribution in [0.3, 0.4) is 0 Å². The highest BCUT2D eigenvalue weighted by atomic mass is 16.6. The SMILES string of the molecule is COc1cccc(-n2cc([N+](=O)[O-])nc2C)c1. The van der Waals surface area contributed by atoms with E-state index in [9.17, 15) is 10.1 Å². The Balaban J connectivity index is 2.48. The summed E-state index contributed by atoms with van der Waals surface area (Å²) in [6, 6.07) is 7.25. The lowest BCUT2D eigenvalue weighted by molar-refractivity contribution is -0.389. The molecule has 6 nitrogen and oxygen atoms in total. The van der Waals surface area contributed by atoms with Gasteiger partial charge in [-0.15, -0.1) is 0 Å². The largest absolute Gasteiger partial charge is 0.497 e. The second-order valence-electron chi connectivity index (χ2n) is 3.47. The Morgan fingerprint density at radius 1 is 1.47 bits per heavy atom. The van der Waals surface area contributed by atoms with Gasteiger partial charge in [0.25, 0.3) is 0 Å². The van der Waals surface area contributed by atoms with E-state index < -0.39 is 4.92 Å². The molecule has 0 unspecified atom stereocenters. The second kappa shape index (κ2) is 4.25. The summed E-state index contributed by atoms with van der Waals surface area (Å²) in [5.41, 5.74) is 0.780. The van der Waals surface area contributed by atoms with Crippen LogP contribution in [0, 0.1) is 17.0 Å². The fraction of sp³-hybridized carbons (Fsp3) is 0.182. The van der Waals surface area contributed by atoms with Crippen LogP contribution in [-0.2, 0) is 0 Å². The van der Waals surface area contributed by atoms with Crippen molar-refractivity contribution in [3.05, 3.63) is 46.4 Å². The number of imidazole rings is 1. The van der Waals surface area contributed by atoms with Crippen LogP contribution in [-0.4, -0.2) is 21.6 Å². The van der Waals surface area contributed by atoms with E-state index in [2.05, 4.69) is 4.98 Å². The first kappa shape index (κ1) is 11.1. The number of methoxy groups -OCH3 is 1. The van der Waals surface area contributed by atoms with Crippen molar-refractivity contribution in [3.63, 3.8) is 0 Å². The van der Waals surface area contributed by atoms with Crippen molar-refractivity contribution in [2.24, 2.45) is 0 Å². The van der Waals surface area contributed by atoms with Crippen LogP contribution >= 0.6 is 0 Å². The lowest BCUT2D eigenvalue weighted by atomic mass is 10.3. The molecule has 0 fully saturated rings. The molecule has 1 aromatic carbocycles. The minimum Gasteiger partial charge on any atom is -0.497 e. The molecule has 0 radical (unpaired) electrons. The number of nitrogens with zero attached hydrogens (tertiary/aromatic N) is 3. The molecule has 0 bridgehead atoms. The van der Waals surface area contributed by atoms with E-state index in [1.165, 1.54) is 6.20 Å². The molecule has 88 valence electrons. The number of hydrogen-bond donors (Lipinski definition) is 0. The van der Waals surface area contributed by atoms with Gasteiger partial charge in [-0.25, -0.2) is 0 Å². The average Bonchev–Trinajstić information content (AvgIpc) is 2.72. The topological polar surface area (TPSA) is 70.2 Å². The van der Waals surface area contributed by atoms with Gasteiger partial charge in [0.2, 0.25) is 5.82 Å². The van der Waals surface area contributed by atoms with Crippen LogP contribution in [0.4, 0.5) is 5.82 Å². The maximum absolute atomic E-state index is 10.6. The zero-order valence-corrected chi connectivity index (χ0v) is 9.45. The molecule has 1 aromatic heterocycles. The summed E-state index contributed by atoms with van der Waals surface area (Å²) in [6.07, 6.45) is 1.39. The molecule has 0 atom stereocenters. The van der Waals surface area contributed by atoms with E-state index in [4.69, 9.17) is 4.74 Å². The molecule has 0 aliphatic heterocycles. The molecule has 0 aliphatic rings. The smallest absolute Gasteiger partial charge is 0.382 e. The number of nitro groups is 1. The summed E-state index contributed by atoms with van der Waals surface area (Å²) in [6.45, 7) is 1.71. The molecule has 2 rings (SSSR count). The predicted octanol–water partition coefficient (Wildman–Crippen LogP) is 2.10. The zero-order valence-electron chi connectivity index (χ0n) is 9.45. The van der Waals surface area contributed by atoms with Gasteiger partial charge in [0.1, 0.15) is 11.9 Å². The highest BCUT2D eigenvalue weighted by Gasteiger charge is 2.16. The predicted molar refractivity (Wildman–Crippen MR) is 61.5 cm³/mol. The Hall–Kier alpha value is -2.37. The summed E-state index contributed by atoms with van der Waals surface area (Å²) in [4.78, 5) is 14.0. The Kier molecular flexibility index (Phi) is 2.78. The number of hydrogen-bond acceptors (Lipinski definition) is 4. The molecule has 0 amide bonds. The molecule has 0 saturated heterocycles. The number of ether oxygens (including phenoxy) is 1. The molecule has 0 N–H and O–H groups in total. The van der Waals surface area contributed by atoms with Gasteiger partial charge in [0.05, 0.1) is 12.8 Å². The first-order valence-corrected chi connectivity index (χ1v) is 4.96. The average molecular weight is 233 g/mol. The van der Waals surface area contributed by atoms with E-state index in [1.54, 1.807) is 24.7 Å². The van der Waals surface area contributed by atoms with Gasteiger partial charge in [-0.2, -0.15) is 0 Å². The Bertz CT molecular complexity index is 563. The third kappa shape index (κ3) is 2.10. The van der Waals surface area contributed by atoms with Gasteiger partial charge < -0.3 is 14.9 Å². The van der Waals surface area contributed by atoms with E-state index in [1.807, 2.05) is 18.2 Å². The van der Waals surface area contributed by atoms with E-state index in [-0.39, 0.29) is 5.82 Å². The number of benzene rings is 1. The van der Waals surface area contributed by atoms with Crippen molar-refractivity contribution in [3.8, 4) is 11.4 Å². The number of rotatable bonds is 3. The van der Waals surface area contributed by atoms with Crippen LogP contribution in [0.1, 0.15) is 5.82 Å². The number of aromatic nitrogens is 2. The molecule has 0 saturated carbocycles. The lowest BCUT2D eigenvalue weighted by Gasteiger charge is -2.04.